The highest BCUT2D eigenvalue weighted by Gasteiger charge is 2.32. The molecule has 5 nitrogen and oxygen atoms in total. The van der Waals surface area contributed by atoms with Crippen LogP contribution in [0.4, 0.5) is 4.39 Å². The molecule has 1 aromatic heterocycles. The summed E-state index contributed by atoms with van der Waals surface area (Å²) in [6.07, 6.45) is 3.21. The molecular weight excluding hydrogens is 399 g/mol. The van der Waals surface area contributed by atoms with E-state index in [1.165, 1.54) is 32.9 Å². The Morgan fingerprint density at radius 3 is 2.61 bits per heavy atom. The number of carbonyl (C=O) groups excluding carboxylic acids is 1. The molecule has 0 spiro atoms. The second-order valence-electron chi connectivity index (χ2n) is 7.53. The Morgan fingerprint density at radius 1 is 1.18 bits per heavy atom. The summed E-state index contributed by atoms with van der Waals surface area (Å²) in [6, 6.07) is 7.41. The maximum absolute atomic E-state index is 13.9. The zero-order valence-electron chi connectivity index (χ0n) is 15.7. The lowest BCUT2D eigenvalue weighted by atomic mass is 9.90. The number of hydrogen-bond acceptors (Lipinski definition) is 4. The number of halogens is 1. The van der Waals surface area contributed by atoms with E-state index in [9.17, 15) is 17.6 Å². The maximum atomic E-state index is 13.9. The number of piperazine rings is 1. The molecule has 2 aromatic rings. The van der Waals surface area contributed by atoms with E-state index in [1.54, 1.807) is 16.2 Å². The second kappa shape index (κ2) is 7.57. The quantitative estimate of drug-likeness (QED) is 0.764. The minimum absolute atomic E-state index is 0.0324. The summed E-state index contributed by atoms with van der Waals surface area (Å²) in [4.78, 5) is 16.3. The molecule has 1 unspecified atom stereocenters. The van der Waals surface area contributed by atoms with Gasteiger partial charge in [-0.1, -0.05) is 19.1 Å². The lowest BCUT2D eigenvalue weighted by molar-refractivity contribution is 0.0702. The van der Waals surface area contributed by atoms with Gasteiger partial charge in [0.05, 0.1) is 4.88 Å². The van der Waals surface area contributed by atoms with E-state index in [4.69, 9.17) is 0 Å². The highest BCUT2D eigenvalue weighted by Crippen LogP contribution is 2.33. The smallest absolute Gasteiger partial charge is 0.264 e. The van der Waals surface area contributed by atoms with Crippen molar-refractivity contribution in [2.24, 2.45) is 5.92 Å². The van der Waals surface area contributed by atoms with Crippen LogP contribution < -0.4 is 0 Å². The third-order valence-corrected chi connectivity index (χ3v) is 8.68. The van der Waals surface area contributed by atoms with Gasteiger partial charge in [0.2, 0.25) is 10.0 Å². The Balaban J connectivity index is 1.44. The van der Waals surface area contributed by atoms with Crippen LogP contribution in [-0.4, -0.2) is 49.7 Å². The van der Waals surface area contributed by atoms with Crippen LogP contribution in [0.2, 0.25) is 0 Å². The molecule has 1 aliphatic carbocycles. The number of fused-ring (bicyclic) bond motifs is 1. The Bertz CT molecular complexity index is 995. The molecule has 2 heterocycles. The topological polar surface area (TPSA) is 57.7 Å². The molecule has 1 atom stereocenters. The van der Waals surface area contributed by atoms with Crippen molar-refractivity contribution in [1.82, 2.24) is 9.21 Å². The highest BCUT2D eigenvalue weighted by atomic mass is 32.2. The minimum Gasteiger partial charge on any atom is -0.335 e. The fourth-order valence-corrected chi connectivity index (χ4v) is 6.56. The first kappa shape index (κ1) is 19.5. The van der Waals surface area contributed by atoms with Crippen molar-refractivity contribution in [3.8, 4) is 0 Å². The summed E-state index contributed by atoms with van der Waals surface area (Å²) in [5.74, 6) is -0.133. The van der Waals surface area contributed by atoms with Crippen LogP contribution in [0.1, 0.15) is 33.5 Å². The Labute approximate surface area is 168 Å². The van der Waals surface area contributed by atoms with Gasteiger partial charge >= 0.3 is 0 Å². The zero-order chi connectivity index (χ0) is 19.9. The summed E-state index contributed by atoms with van der Waals surface area (Å²) < 4.78 is 40.6. The van der Waals surface area contributed by atoms with Gasteiger partial charge in [-0.25, -0.2) is 12.8 Å². The summed E-state index contributed by atoms with van der Waals surface area (Å²) >= 11 is 1.57. The molecule has 1 aromatic carbocycles. The number of nitrogens with zero attached hydrogens (tertiary/aromatic N) is 2. The maximum Gasteiger partial charge on any atom is 0.264 e. The standard InChI is InChI=1S/C20H23FN2O3S2/c1-14-6-7-17-15(12-14)13-18(27-17)20(24)22-8-10-23(11-9-22)28(25,26)19-5-3-2-4-16(19)21/h2-5,13-14H,6-12H2,1H3. The molecule has 1 fully saturated rings. The van der Waals surface area contributed by atoms with E-state index < -0.39 is 15.8 Å². The fourth-order valence-electron chi connectivity index (χ4n) is 3.89. The van der Waals surface area contributed by atoms with Gasteiger partial charge in [-0.05, 0) is 48.9 Å². The predicted molar refractivity (Wildman–Crippen MR) is 107 cm³/mol. The molecule has 0 N–H and O–H groups in total. The van der Waals surface area contributed by atoms with Crippen LogP contribution in [0.15, 0.2) is 35.2 Å². The molecule has 1 amide bonds. The van der Waals surface area contributed by atoms with Crippen molar-refractivity contribution >= 4 is 27.3 Å². The van der Waals surface area contributed by atoms with Gasteiger partial charge in [-0.3, -0.25) is 4.79 Å². The number of carbonyl (C=O) groups is 1. The highest BCUT2D eigenvalue weighted by molar-refractivity contribution is 7.89. The average molecular weight is 423 g/mol. The molecule has 1 saturated heterocycles. The second-order valence-corrected chi connectivity index (χ2v) is 10.6. The largest absolute Gasteiger partial charge is 0.335 e. The average Bonchev–Trinajstić information content (AvgIpc) is 3.11. The number of hydrogen-bond donors (Lipinski definition) is 0. The molecule has 150 valence electrons. The van der Waals surface area contributed by atoms with Crippen molar-refractivity contribution in [2.45, 2.75) is 31.1 Å². The van der Waals surface area contributed by atoms with E-state index >= 15 is 0 Å². The Morgan fingerprint density at radius 2 is 1.89 bits per heavy atom. The molecule has 0 radical (unpaired) electrons. The van der Waals surface area contributed by atoms with Crippen molar-refractivity contribution in [3.63, 3.8) is 0 Å². The number of amides is 1. The molecule has 0 bridgehead atoms. The summed E-state index contributed by atoms with van der Waals surface area (Å²) in [5, 5.41) is 0. The molecule has 1 aliphatic heterocycles. The Kier molecular flexibility index (Phi) is 5.28. The van der Waals surface area contributed by atoms with Gasteiger partial charge in [0.1, 0.15) is 10.7 Å². The molecule has 4 rings (SSSR count). The van der Waals surface area contributed by atoms with Crippen molar-refractivity contribution in [1.29, 1.82) is 0 Å². The molecule has 8 heteroatoms. The first-order valence-corrected chi connectivity index (χ1v) is 11.8. The van der Waals surface area contributed by atoms with Crippen LogP contribution in [0, 0.1) is 11.7 Å². The predicted octanol–water partition coefficient (Wildman–Crippen LogP) is 3.16. The van der Waals surface area contributed by atoms with Gasteiger partial charge in [-0.2, -0.15) is 4.31 Å². The number of benzene rings is 1. The van der Waals surface area contributed by atoms with Crippen LogP contribution in [-0.2, 0) is 22.9 Å². The van der Waals surface area contributed by atoms with E-state index in [1.807, 2.05) is 6.07 Å². The summed E-state index contributed by atoms with van der Waals surface area (Å²) in [6.45, 7) is 3.20. The first-order chi connectivity index (χ1) is 13.4. The lowest BCUT2D eigenvalue weighted by Gasteiger charge is -2.33. The molecule has 28 heavy (non-hydrogen) atoms. The number of thiophene rings is 1. The van der Waals surface area contributed by atoms with Crippen molar-refractivity contribution < 1.29 is 17.6 Å². The van der Waals surface area contributed by atoms with Gasteiger partial charge in [0.15, 0.2) is 0 Å². The van der Waals surface area contributed by atoms with E-state index in [-0.39, 0.29) is 23.9 Å². The lowest BCUT2D eigenvalue weighted by Crippen LogP contribution is -2.50. The van der Waals surface area contributed by atoms with Crippen LogP contribution in [0.25, 0.3) is 0 Å². The monoisotopic (exact) mass is 422 g/mol. The fraction of sp³-hybridized carbons (Fsp3) is 0.450. The summed E-state index contributed by atoms with van der Waals surface area (Å²) in [5.41, 5.74) is 1.29. The van der Waals surface area contributed by atoms with Gasteiger partial charge in [-0.15, -0.1) is 11.3 Å². The van der Waals surface area contributed by atoms with E-state index in [0.29, 0.717) is 19.0 Å². The van der Waals surface area contributed by atoms with Crippen LogP contribution in [0.5, 0.6) is 0 Å². The van der Waals surface area contributed by atoms with Gasteiger partial charge in [0.25, 0.3) is 5.91 Å². The third kappa shape index (κ3) is 3.60. The molecule has 2 aliphatic rings. The van der Waals surface area contributed by atoms with E-state index in [2.05, 4.69) is 6.92 Å². The normalized spacial score (nSPS) is 20.8. The number of sulfonamides is 1. The van der Waals surface area contributed by atoms with Crippen molar-refractivity contribution in [3.05, 3.63) is 51.5 Å². The summed E-state index contributed by atoms with van der Waals surface area (Å²) in [7, 11) is -3.89. The van der Waals surface area contributed by atoms with Gasteiger partial charge < -0.3 is 4.90 Å². The SMILES string of the molecule is CC1CCc2sc(C(=O)N3CCN(S(=O)(=O)c4ccccc4F)CC3)cc2C1. The Hall–Kier alpha value is -1.77. The third-order valence-electron chi connectivity index (χ3n) is 5.52. The van der Waals surface area contributed by atoms with Gasteiger partial charge in [0, 0.05) is 31.1 Å². The van der Waals surface area contributed by atoms with E-state index in [0.717, 1.165) is 30.2 Å². The molecule has 0 saturated carbocycles. The molecular formula is C20H23FN2O3S2. The number of rotatable bonds is 3. The number of aryl methyl sites for hydroxylation is 1. The van der Waals surface area contributed by atoms with Crippen molar-refractivity contribution in [2.75, 3.05) is 26.2 Å². The minimum atomic E-state index is -3.89. The first-order valence-electron chi connectivity index (χ1n) is 9.52. The van der Waals surface area contributed by atoms with Crippen LogP contribution >= 0.6 is 11.3 Å². The van der Waals surface area contributed by atoms with Crippen LogP contribution in [0.3, 0.4) is 0 Å². The zero-order valence-corrected chi connectivity index (χ0v) is 17.4.